The fourth-order valence-corrected chi connectivity index (χ4v) is 2.59. The third-order valence-electron chi connectivity index (χ3n) is 4.11. The number of rotatable bonds is 8. The molecule has 1 N–H and O–H groups in total. The molecule has 2 rings (SSSR count). The van der Waals surface area contributed by atoms with Crippen LogP contribution in [-0.4, -0.2) is 12.6 Å². The molecule has 0 aliphatic heterocycles. The van der Waals surface area contributed by atoms with E-state index in [0.717, 1.165) is 18.5 Å². The SMILES string of the molecule is Cc1ccc(C(CCCC(C)C)CNC2CC2)cc1. The fourth-order valence-electron chi connectivity index (χ4n) is 2.59. The van der Waals surface area contributed by atoms with Crippen LogP contribution in [-0.2, 0) is 0 Å². The summed E-state index contributed by atoms with van der Waals surface area (Å²) in [7, 11) is 0. The minimum Gasteiger partial charge on any atom is -0.313 e. The summed E-state index contributed by atoms with van der Waals surface area (Å²) < 4.78 is 0. The predicted octanol–water partition coefficient (Wildman–Crippen LogP) is 4.66. The summed E-state index contributed by atoms with van der Waals surface area (Å²) in [5, 5.41) is 3.71. The molecule has 0 amide bonds. The first-order valence-electron chi connectivity index (χ1n) is 7.95. The molecule has 1 unspecified atom stereocenters. The summed E-state index contributed by atoms with van der Waals surface area (Å²) in [5.74, 6) is 1.52. The van der Waals surface area contributed by atoms with Gasteiger partial charge in [-0.1, -0.05) is 56.5 Å². The lowest BCUT2D eigenvalue weighted by Gasteiger charge is -2.19. The second kappa shape index (κ2) is 7.09. The second-order valence-electron chi connectivity index (χ2n) is 6.61. The molecule has 1 saturated carbocycles. The van der Waals surface area contributed by atoms with E-state index in [-0.39, 0.29) is 0 Å². The number of benzene rings is 1. The van der Waals surface area contributed by atoms with Gasteiger partial charge in [0.15, 0.2) is 0 Å². The molecule has 106 valence electrons. The van der Waals surface area contributed by atoms with E-state index in [2.05, 4.69) is 50.4 Å². The van der Waals surface area contributed by atoms with Crippen molar-refractivity contribution in [2.24, 2.45) is 5.92 Å². The van der Waals surface area contributed by atoms with Crippen molar-refractivity contribution in [3.63, 3.8) is 0 Å². The molecule has 1 aromatic rings. The first kappa shape index (κ1) is 14.6. The van der Waals surface area contributed by atoms with E-state index in [1.54, 1.807) is 0 Å². The van der Waals surface area contributed by atoms with Crippen molar-refractivity contribution in [2.45, 2.75) is 64.8 Å². The Morgan fingerprint density at radius 1 is 1.11 bits per heavy atom. The van der Waals surface area contributed by atoms with Crippen molar-refractivity contribution in [3.8, 4) is 0 Å². The van der Waals surface area contributed by atoms with Crippen molar-refractivity contribution in [3.05, 3.63) is 35.4 Å². The standard InChI is InChI=1S/C18H29N/c1-14(2)5-4-6-17(13-19-18-11-12-18)16-9-7-15(3)8-10-16/h7-10,14,17-19H,4-6,11-13H2,1-3H3. The van der Waals surface area contributed by atoms with Gasteiger partial charge in [0.05, 0.1) is 0 Å². The van der Waals surface area contributed by atoms with Gasteiger partial charge in [-0.15, -0.1) is 0 Å². The van der Waals surface area contributed by atoms with Gasteiger partial charge in [0.2, 0.25) is 0 Å². The third kappa shape index (κ3) is 5.36. The van der Waals surface area contributed by atoms with Gasteiger partial charge >= 0.3 is 0 Å². The maximum Gasteiger partial charge on any atom is 0.00684 e. The lowest BCUT2D eigenvalue weighted by atomic mass is 9.91. The summed E-state index contributed by atoms with van der Waals surface area (Å²) in [4.78, 5) is 0. The van der Waals surface area contributed by atoms with E-state index in [1.807, 2.05) is 0 Å². The maximum atomic E-state index is 3.71. The van der Waals surface area contributed by atoms with Crippen LogP contribution in [0.1, 0.15) is 63.0 Å². The van der Waals surface area contributed by atoms with Crippen LogP contribution >= 0.6 is 0 Å². The first-order chi connectivity index (χ1) is 9.15. The average Bonchev–Trinajstić information content (AvgIpc) is 3.18. The Morgan fingerprint density at radius 3 is 2.37 bits per heavy atom. The number of hydrogen-bond acceptors (Lipinski definition) is 1. The summed E-state index contributed by atoms with van der Waals surface area (Å²) in [6, 6.07) is 9.97. The van der Waals surface area contributed by atoms with Crippen LogP contribution in [0.3, 0.4) is 0 Å². The molecular formula is C18H29N. The highest BCUT2D eigenvalue weighted by molar-refractivity contribution is 5.24. The second-order valence-corrected chi connectivity index (χ2v) is 6.61. The van der Waals surface area contributed by atoms with E-state index in [1.165, 1.54) is 43.2 Å². The van der Waals surface area contributed by atoms with Gasteiger partial charge in [-0.2, -0.15) is 0 Å². The van der Waals surface area contributed by atoms with Gasteiger partial charge < -0.3 is 5.32 Å². The summed E-state index contributed by atoms with van der Waals surface area (Å²) in [6.07, 6.45) is 6.79. The van der Waals surface area contributed by atoms with E-state index >= 15 is 0 Å². The molecule has 19 heavy (non-hydrogen) atoms. The van der Waals surface area contributed by atoms with Crippen molar-refractivity contribution < 1.29 is 0 Å². The summed E-state index contributed by atoms with van der Waals surface area (Å²) in [5.41, 5.74) is 2.88. The molecule has 1 atom stereocenters. The zero-order valence-corrected chi connectivity index (χ0v) is 12.8. The molecule has 0 aromatic heterocycles. The van der Waals surface area contributed by atoms with E-state index in [9.17, 15) is 0 Å². The van der Waals surface area contributed by atoms with Crippen LogP contribution in [0, 0.1) is 12.8 Å². The van der Waals surface area contributed by atoms with Crippen LogP contribution in [0.2, 0.25) is 0 Å². The number of nitrogens with one attached hydrogen (secondary N) is 1. The highest BCUT2D eigenvalue weighted by Crippen LogP contribution is 2.25. The third-order valence-corrected chi connectivity index (χ3v) is 4.11. The molecule has 1 aromatic carbocycles. The number of hydrogen-bond donors (Lipinski definition) is 1. The predicted molar refractivity (Wildman–Crippen MR) is 83.6 cm³/mol. The molecule has 1 aliphatic rings. The minimum atomic E-state index is 0.694. The van der Waals surface area contributed by atoms with E-state index in [4.69, 9.17) is 0 Å². The van der Waals surface area contributed by atoms with Gasteiger partial charge in [0.1, 0.15) is 0 Å². The zero-order valence-electron chi connectivity index (χ0n) is 12.8. The van der Waals surface area contributed by atoms with Gasteiger partial charge in [-0.05, 0) is 43.6 Å². The lowest BCUT2D eigenvalue weighted by Crippen LogP contribution is -2.23. The van der Waals surface area contributed by atoms with E-state index < -0.39 is 0 Å². The molecular weight excluding hydrogens is 230 g/mol. The fraction of sp³-hybridized carbons (Fsp3) is 0.667. The quantitative estimate of drug-likeness (QED) is 0.716. The Morgan fingerprint density at radius 2 is 1.79 bits per heavy atom. The van der Waals surface area contributed by atoms with Gasteiger partial charge in [0.25, 0.3) is 0 Å². The molecule has 0 spiro atoms. The average molecular weight is 259 g/mol. The molecule has 1 heteroatoms. The van der Waals surface area contributed by atoms with Crippen LogP contribution in [0.4, 0.5) is 0 Å². The molecule has 0 bridgehead atoms. The molecule has 1 fully saturated rings. The molecule has 0 saturated heterocycles. The molecule has 0 heterocycles. The van der Waals surface area contributed by atoms with Gasteiger partial charge in [-0.25, -0.2) is 0 Å². The maximum absolute atomic E-state index is 3.71. The van der Waals surface area contributed by atoms with Crippen LogP contribution in [0.15, 0.2) is 24.3 Å². The van der Waals surface area contributed by atoms with Crippen molar-refractivity contribution in [1.29, 1.82) is 0 Å². The first-order valence-corrected chi connectivity index (χ1v) is 7.95. The molecule has 1 nitrogen and oxygen atoms in total. The topological polar surface area (TPSA) is 12.0 Å². The van der Waals surface area contributed by atoms with Crippen LogP contribution in [0.5, 0.6) is 0 Å². The van der Waals surface area contributed by atoms with Crippen molar-refractivity contribution in [2.75, 3.05) is 6.54 Å². The Labute approximate surface area is 118 Å². The van der Waals surface area contributed by atoms with Crippen molar-refractivity contribution in [1.82, 2.24) is 5.32 Å². The van der Waals surface area contributed by atoms with Crippen LogP contribution < -0.4 is 5.32 Å². The zero-order chi connectivity index (χ0) is 13.7. The largest absolute Gasteiger partial charge is 0.313 e. The normalized spacial score (nSPS) is 16.8. The van der Waals surface area contributed by atoms with Crippen molar-refractivity contribution >= 4 is 0 Å². The Hall–Kier alpha value is -0.820. The summed E-state index contributed by atoms with van der Waals surface area (Å²) >= 11 is 0. The lowest BCUT2D eigenvalue weighted by molar-refractivity contribution is 0.479. The van der Waals surface area contributed by atoms with Gasteiger partial charge in [-0.3, -0.25) is 0 Å². The highest BCUT2D eigenvalue weighted by atomic mass is 14.9. The Bertz CT molecular complexity index is 362. The minimum absolute atomic E-state index is 0.694. The molecule has 0 radical (unpaired) electrons. The highest BCUT2D eigenvalue weighted by Gasteiger charge is 2.22. The Balaban J connectivity index is 1.89. The summed E-state index contributed by atoms with van der Waals surface area (Å²) in [6.45, 7) is 7.97. The molecule has 1 aliphatic carbocycles. The Kier molecular flexibility index (Phi) is 5.45. The number of aryl methyl sites for hydroxylation is 1. The van der Waals surface area contributed by atoms with E-state index in [0.29, 0.717) is 5.92 Å². The van der Waals surface area contributed by atoms with Gasteiger partial charge in [0, 0.05) is 12.6 Å². The smallest absolute Gasteiger partial charge is 0.00684 e. The van der Waals surface area contributed by atoms with Crippen LogP contribution in [0.25, 0.3) is 0 Å². The monoisotopic (exact) mass is 259 g/mol.